The third-order valence-electron chi connectivity index (χ3n) is 3.51. The van der Waals surface area contributed by atoms with E-state index in [9.17, 15) is 0 Å². The Kier molecular flexibility index (Phi) is 2.57. The molecule has 0 saturated heterocycles. The van der Waals surface area contributed by atoms with E-state index in [4.69, 9.17) is 11.6 Å². The van der Waals surface area contributed by atoms with E-state index >= 15 is 0 Å². The summed E-state index contributed by atoms with van der Waals surface area (Å²) in [6, 6.07) is 12.4. The number of thioether (sulfide) groups is 1. The van der Waals surface area contributed by atoms with Gasteiger partial charge in [-0.25, -0.2) is 0 Å². The van der Waals surface area contributed by atoms with Crippen molar-refractivity contribution in [2.45, 2.75) is 0 Å². The van der Waals surface area contributed by atoms with Crippen molar-refractivity contribution in [1.82, 2.24) is 4.90 Å². The van der Waals surface area contributed by atoms with E-state index in [0.717, 1.165) is 28.7 Å². The Hall–Kier alpha value is -1.45. The number of halogens is 1. The molecule has 2 aromatic carbocycles. The molecule has 0 bridgehead atoms. The van der Waals surface area contributed by atoms with E-state index in [1.807, 2.05) is 12.1 Å². The third kappa shape index (κ3) is 1.69. The number of fused-ring (bicyclic) bond motifs is 2. The molecular weight excluding hydrogens is 276 g/mol. The largest absolute Gasteiger partial charge is 0.318 e. The first-order valence-electron chi connectivity index (χ1n) is 6.21. The standard InChI is InChI=1S/C15H11ClN2S/c16-13-6-2-3-10-11(13)4-1-5-12(10)14-9-19-15-17-7-8-18(14)15/h1-6,9H,7-8H2. The van der Waals surface area contributed by atoms with Crippen LogP contribution in [0.15, 0.2) is 46.8 Å². The lowest BCUT2D eigenvalue weighted by Gasteiger charge is -2.18. The van der Waals surface area contributed by atoms with Crippen LogP contribution in [0.25, 0.3) is 16.5 Å². The van der Waals surface area contributed by atoms with Crippen molar-refractivity contribution in [2.24, 2.45) is 4.99 Å². The van der Waals surface area contributed by atoms with E-state index in [0.29, 0.717) is 0 Å². The average molecular weight is 287 g/mol. The van der Waals surface area contributed by atoms with Gasteiger partial charge in [-0.15, -0.1) is 0 Å². The van der Waals surface area contributed by atoms with Gasteiger partial charge in [0.05, 0.1) is 12.2 Å². The first-order chi connectivity index (χ1) is 9.34. The maximum absolute atomic E-state index is 6.28. The number of nitrogens with zero attached hydrogens (tertiary/aromatic N) is 2. The van der Waals surface area contributed by atoms with Crippen LogP contribution in [0, 0.1) is 0 Å². The maximum Gasteiger partial charge on any atom is 0.168 e. The molecule has 19 heavy (non-hydrogen) atoms. The van der Waals surface area contributed by atoms with Crippen molar-refractivity contribution in [3.63, 3.8) is 0 Å². The van der Waals surface area contributed by atoms with E-state index in [-0.39, 0.29) is 0 Å². The average Bonchev–Trinajstić information content (AvgIpc) is 3.01. The second-order valence-corrected chi connectivity index (χ2v) is 5.82. The lowest BCUT2D eigenvalue weighted by Crippen LogP contribution is -2.19. The van der Waals surface area contributed by atoms with Crippen molar-refractivity contribution >= 4 is 45.0 Å². The van der Waals surface area contributed by atoms with E-state index in [1.165, 1.54) is 16.6 Å². The SMILES string of the molecule is Clc1cccc2c(C3=CSC4=NCCN34)cccc12. The highest BCUT2D eigenvalue weighted by atomic mass is 35.5. The van der Waals surface area contributed by atoms with Crippen LogP contribution in [0.4, 0.5) is 0 Å². The highest BCUT2D eigenvalue weighted by molar-refractivity contribution is 8.16. The van der Waals surface area contributed by atoms with Gasteiger partial charge in [-0.2, -0.15) is 0 Å². The highest BCUT2D eigenvalue weighted by Crippen LogP contribution is 2.38. The molecule has 4 rings (SSSR count). The molecule has 0 fully saturated rings. The Balaban J connectivity index is 1.93. The van der Waals surface area contributed by atoms with E-state index in [1.54, 1.807) is 11.8 Å². The van der Waals surface area contributed by atoms with Gasteiger partial charge >= 0.3 is 0 Å². The molecule has 94 valence electrons. The van der Waals surface area contributed by atoms with Crippen LogP contribution in [-0.2, 0) is 0 Å². The Morgan fingerprint density at radius 1 is 1.11 bits per heavy atom. The first kappa shape index (κ1) is 11.4. The minimum Gasteiger partial charge on any atom is -0.318 e. The van der Waals surface area contributed by atoms with Crippen LogP contribution in [0.5, 0.6) is 0 Å². The van der Waals surface area contributed by atoms with Gasteiger partial charge in [-0.05, 0) is 11.5 Å². The molecule has 0 unspecified atom stereocenters. The highest BCUT2D eigenvalue weighted by Gasteiger charge is 2.27. The first-order valence-corrected chi connectivity index (χ1v) is 7.47. The number of hydrogen-bond donors (Lipinski definition) is 0. The van der Waals surface area contributed by atoms with Gasteiger partial charge in [0.1, 0.15) is 0 Å². The summed E-state index contributed by atoms with van der Waals surface area (Å²) in [4.78, 5) is 6.79. The van der Waals surface area contributed by atoms with Crippen molar-refractivity contribution in [3.05, 3.63) is 52.4 Å². The number of aliphatic imine (C=N–C) groups is 1. The normalized spacial score (nSPS) is 17.6. The predicted octanol–water partition coefficient (Wildman–Crippen LogP) is 4.21. The fraction of sp³-hybridized carbons (Fsp3) is 0.133. The second-order valence-electron chi connectivity index (χ2n) is 4.58. The number of amidine groups is 1. The molecule has 0 atom stereocenters. The number of hydrogen-bond acceptors (Lipinski definition) is 3. The Morgan fingerprint density at radius 2 is 1.95 bits per heavy atom. The summed E-state index contributed by atoms with van der Waals surface area (Å²) < 4.78 is 0. The zero-order valence-corrected chi connectivity index (χ0v) is 11.7. The maximum atomic E-state index is 6.28. The van der Waals surface area contributed by atoms with Crippen LogP contribution in [-0.4, -0.2) is 23.2 Å². The molecule has 0 N–H and O–H groups in total. The van der Waals surface area contributed by atoms with Crippen LogP contribution in [0.1, 0.15) is 5.56 Å². The molecule has 0 aromatic heterocycles. The molecular formula is C15H11ClN2S. The van der Waals surface area contributed by atoms with Gasteiger partial charge in [0.25, 0.3) is 0 Å². The second kappa shape index (κ2) is 4.29. The van der Waals surface area contributed by atoms with Crippen molar-refractivity contribution < 1.29 is 0 Å². The van der Waals surface area contributed by atoms with Gasteiger partial charge in [0, 0.05) is 27.9 Å². The Labute approximate surface area is 120 Å². The number of benzene rings is 2. The van der Waals surface area contributed by atoms with Gasteiger partial charge in [0.2, 0.25) is 0 Å². The predicted molar refractivity (Wildman–Crippen MR) is 83.5 cm³/mol. The molecule has 2 heterocycles. The summed E-state index contributed by atoms with van der Waals surface area (Å²) in [5.41, 5.74) is 2.48. The topological polar surface area (TPSA) is 15.6 Å². The summed E-state index contributed by atoms with van der Waals surface area (Å²) in [6.07, 6.45) is 0. The molecule has 2 aliphatic heterocycles. The smallest absolute Gasteiger partial charge is 0.168 e. The summed E-state index contributed by atoms with van der Waals surface area (Å²) in [5, 5.41) is 6.43. The number of rotatable bonds is 1. The van der Waals surface area contributed by atoms with Crippen LogP contribution in [0.3, 0.4) is 0 Å². The fourth-order valence-corrected chi connectivity index (χ4v) is 3.82. The lowest BCUT2D eigenvalue weighted by molar-refractivity contribution is 0.650. The molecule has 2 aliphatic rings. The Morgan fingerprint density at radius 3 is 2.89 bits per heavy atom. The fourth-order valence-electron chi connectivity index (χ4n) is 2.63. The van der Waals surface area contributed by atoms with Crippen LogP contribution in [0.2, 0.25) is 5.02 Å². The molecule has 0 saturated carbocycles. The molecule has 0 radical (unpaired) electrons. The molecule has 0 amide bonds. The zero-order valence-electron chi connectivity index (χ0n) is 10.1. The third-order valence-corrected chi connectivity index (χ3v) is 4.74. The van der Waals surface area contributed by atoms with E-state index < -0.39 is 0 Å². The Bertz CT molecular complexity index is 736. The molecule has 2 nitrogen and oxygen atoms in total. The minimum absolute atomic E-state index is 0.806. The van der Waals surface area contributed by atoms with Crippen LogP contribution < -0.4 is 0 Å². The summed E-state index contributed by atoms with van der Waals surface area (Å²) in [7, 11) is 0. The summed E-state index contributed by atoms with van der Waals surface area (Å²) >= 11 is 7.99. The van der Waals surface area contributed by atoms with Gasteiger partial charge in [-0.1, -0.05) is 53.7 Å². The minimum atomic E-state index is 0.806. The van der Waals surface area contributed by atoms with Crippen molar-refractivity contribution in [1.29, 1.82) is 0 Å². The molecule has 0 spiro atoms. The molecule has 2 aromatic rings. The van der Waals surface area contributed by atoms with Gasteiger partial charge in [-0.3, -0.25) is 4.99 Å². The zero-order chi connectivity index (χ0) is 12.8. The summed E-state index contributed by atoms with van der Waals surface area (Å²) in [5.74, 6) is 0. The van der Waals surface area contributed by atoms with Crippen molar-refractivity contribution in [3.8, 4) is 0 Å². The summed E-state index contributed by atoms with van der Waals surface area (Å²) in [6.45, 7) is 1.87. The van der Waals surface area contributed by atoms with E-state index in [2.05, 4.69) is 39.6 Å². The van der Waals surface area contributed by atoms with Crippen LogP contribution >= 0.6 is 23.4 Å². The molecule has 4 heteroatoms. The molecule has 0 aliphatic carbocycles. The quantitative estimate of drug-likeness (QED) is 0.780. The lowest BCUT2D eigenvalue weighted by atomic mass is 10.0. The van der Waals surface area contributed by atoms with Crippen molar-refractivity contribution in [2.75, 3.05) is 13.1 Å². The van der Waals surface area contributed by atoms with Gasteiger partial charge in [0.15, 0.2) is 5.17 Å². The van der Waals surface area contributed by atoms with Gasteiger partial charge < -0.3 is 4.90 Å². The monoisotopic (exact) mass is 286 g/mol.